The second-order valence-electron chi connectivity index (χ2n) is 8.34. The van der Waals surface area contributed by atoms with Crippen LogP contribution >= 0.6 is 0 Å². The largest absolute Gasteiger partial charge is 0.491 e. The second-order valence-corrected chi connectivity index (χ2v) is 9.99. The Morgan fingerprint density at radius 1 is 0.818 bits per heavy atom. The van der Waals surface area contributed by atoms with Crippen molar-refractivity contribution in [3.8, 4) is 5.75 Å². The lowest BCUT2D eigenvalue weighted by Gasteiger charge is -2.14. The zero-order valence-electron chi connectivity index (χ0n) is 19.7. The molecule has 0 unspecified atom stereocenters. The lowest BCUT2D eigenvalue weighted by atomic mass is 10.1. The first-order valence-corrected chi connectivity index (χ1v) is 12.2. The number of benzene rings is 3. The molecule has 6 nitrogen and oxygen atoms in total. The van der Waals surface area contributed by atoms with Crippen LogP contribution < -0.4 is 14.8 Å². The van der Waals surface area contributed by atoms with Crippen molar-refractivity contribution in [3.63, 3.8) is 0 Å². The summed E-state index contributed by atoms with van der Waals surface area (Å²) in [5.74, 6) is 0.415. The fourth-order valence-corrected chi connectivity index (χ4v) is 4.98. The first kappa shape index (κ1) is 24.3. The third-order valence-corrected chi connectivity index (χ3v) is 6.71. The summed E-state index contributed by atoms with van der Waals surface area (Å²) in [5.41, 5.74) is 5.43. The van der Waals surface area contributed by atoms with E-state index in [4.69, 9.17) is 4.74 Å². The molecule has 0 spiro atoms. The number of amides is 1. The van der Waals surface area contributed by atoms with Gasteiger partial charge in [-0.25, -0.2) is 8.42 Å². The lowest BCUT2D eigenvalue weighted by molar-refractivity contribution is 0.0946. The Kier molecular flexibility index (Phi) is 7.43. The Balaban J connectivity index is 1.67. The number of carbonyl (C=O) groups excluding carboxylic acids is 1. The van der Waals surface area contributed by atoms with Gasteiger partial charge in [0.15, 0.2) is 0 Å². The molecule has 0 aliphatic heterocycles. The van der Waals surface area contributed by atoms with Gasteiger partial charge in [0.05, 0.1) is 11.4 Å². The van der Waals surface area contributed by atoms with Crippen LogP contribution in [0.3, 0.4) is 0 Å². The van der Waals surface area contributed by atoms with E-state index in [9.17, 15) is 13.2 Å². The van der Waals surface area contributed by atoms with Crippen LogP contribution in [0.25, 0.3) is 0 Å². The van der Waals surface area contributed by atoms with Gasteiger partial charge in [-0.1, -0.05) is 29.8 Å². The van der Waals surface area contributed by atoms with Crippen LogP contribution in [0.1, 0.15) is 38.2 Å². The van der Waals surface area contributed by atoms with E-state index in [1.807, 2.05) is 52.0 Å². The summed E-state index contributed by atoms with van der Waals surface area (Å²) in [6.45, 7) is 10.1. The van der Waals surface area contributed by atoms with Crippen LogP contribution in [-0.2, 0) is 10.0 Å². The minimum Gasteiger partial charge on any atom is -0.491 e. The number of rotatable bonds is 8. The van der Waals surface area contributed by atoms with E-state index >= 15 is 0 Å². The lowest BCUT2D eigenvalue weighted by Crippen LogP contribution is -2.28. The van der Waals surface area contributed by atoms with Crippen molar-refractivity contribution in [1.82, 2.24) is 5.32 Å². The topological polar surface area (TPSA) is 84.5 Å². The van der Waals surface area contributed by atoms with E-state index < -0.39 is 10.0 Å². The minimum absolute atomic E-state index is 0.0702. The molecule has 0 atom stereocenters. The van der Waals surface area contributed by atoms with E-state index in [0.29, 0.717) is 24.4 Å². The number of aryl methyl sites for hydroxylation is 5. The van der Waals surface area contributed by atoms with E-state index in [2.05, 4.69) is 10.0 Å². The summed E-state index contributed by atoms with van der Waals surface area (Å²) < 4.78 is 34.4. The molecule has 0 aromatic heterocycles. The molecule has 174 valence electrons. The number of nitrogens with one attached hydrogen (secondary N) is 2. The zero-order valence-corrected chi connectivity index (χ0v) is 20.5. The molecule has 3 aromatic carbocycles. The molecule has 3 aromatic rings. The molecule has 0 bridgehead atoms. The molecule has 0 aliphatic carbocycles. The van der Waals surface area contributed by atoms with Crippen LogP contribution in [0.15, 0.2) is 59.5 Å². The third-order valence-electron chi connectivity index (χ3n) is 5.19. The Bertz CT molecular complexity index is 1260. The number of hydrogen-bond acceptors (Lipinski definition) is 4. The molecule has 2 N–H and O–H groups in total. The summed E-state index contributed by atoms with van der Waals surface area (Å²) >= 11 is 0. The van der Waals surface area contributed by atoms with Gasteiger partial charge in [-0.2, -0.15) is 0 Å². The van der Waals surface area contributed by atoms with Gasteiger partial charge in [0.25, 0.3) is 15.9 Å². The zero-order chi connectivity index (χ0) is 24.2. The normalized spacial score (nSPS) is 11.2. The van der Waals surface area contributed by atoms with Crippen LogP contribution in [0, 0.1) is 34.6 Å². The molecule has 0 fully saturated rings. The molecule has 0 heterocycles. The van der Waals surface area contributed by atoms with E-state index in [1.165, 1.54) is 6.07 Å². The van der Waals surface area contributed by atoms with Crippen molar-refractivity contribution in [3.05, 3.63) is 88.0 Å². The highest BCUT2D eigenvalue weighted by Gasteiger charge is 2.19. The van der Waals surface area contributed by atoms with E-state index in [1.54, 1.807) is 31.2 Å². The Morgan fingerprint density at radius 3 is 2.18 bits per heavy atom. The fraction of sp³-hybridized carbons (Fsp3) is 0.269. The smallest absolute Gasteiger partial charge is 0.262 e. The maximum absolute atomic E-state index is 13.0. The third kappa shape index (κ3) is 6.35. The number of hydrogen-bond donors (Lipinski definition) is 2. The Morgan fingerprint density at radius 2 is 1.52 bits per heavy atom. The number of carbonyl (C=O) groups is 1. The molecule has 7 heteroatoms. The van der Waals surface area contributed by atoms with Crippen LogP contribution in [-0.4, -0.2) is 27.5 Å². The molecule has 33 heavy (non-hydrogen) atoms. The summed E-state index contributed by atoms with van der Waals surface area (Å²) in [7, 11) is -3.86. The highest BCUT2D eigenvalue weighted by atomic mass is 32.2. The molecule has 0 saturated carbocycles. The Hall–Kier alpha value is -3.32. The van der Waals surface area contributed by atoms with E-state index in [-0.39, 0.29) is 16.4 Å². The molecular weight excluding hydrogens is 436 g/mol. The van der Waals surface area contributed by atoms with Crippen molar-refractivity contribution >= 4 is 21.6 Å². The number of anilines is 1. The van der Waals surface area contributed by atoms with Gasteiger partial charge in [0.2, 0.25) is 0 Å². The highest BCUT2D eigenvalue weighted by molar-refractivity contribution is 7.92. The molecule has 1 amide bonds. The van der Waals surface area contributed by atoms with Gasteiger partial charge >= 0.3 is 0 Å². The van der Waals surface area contributed by atoms with E-state index in [0.717, 1.165) is 28.0 Å². The monoisotopic (exact) mass is 466 g/mol. The summed E-state index contributed by atoms with van der Waals surface area (Å²) in [6.07, 6.45) is 0. The second kappa shape index (κ2) is 10.1. The van der Waals surface area contributed by atoms with Gasteiger partial charge in [-0.3, -0.25) is 9.52 Å². The first-order chi connectivity index (χ1) is 15.5. The molecule has 0 radical (unpaired) electrons. The van der Waals surface area contributed by atoms with Crippen molar-refractivity contribution < 1.29 is 17.9 Å². The van der Waals surface area contributed by atoms with Crippen LogP contribution in [0.4, 0.5) is 5.69 Å². The first-order valence-electron chi connectivity index (χ1n) is 10.8. The van der Waals surface area contributed by atoms with Gasteiger partial charge in [0, 0.05) is 11.3 Å². The van der Waals surface area contributed by atoms with Gasteiger partial charge in [-0.15, -0.1) is 0 Å². The summed E-state index contributed by atoms with van der Waals surface area (Å²) in [6, 6.07) is 16.1. The van der Waals surface area contributed by atoms with Crippen LogP contribution in [0.5, 0.6) is 5.75 Å². The molecule has 3 rings (SSSR count). The SMILES string of the molecule is Cc1cc(C)cc(NS(=O)(=O)c2cc(C(=O)NCCOc3ccc(C)cc3C)ccc2C)c1. The predicted molar refractivity (Wildman–Crippen MR) is 132 cm³/mol. The molecule has 0 saturated heterocycles. The van der Waals surface area contributed by atoms with Crippen LogP contribution in [0.2, 0.25) is 0 Å². The maximum Gasteiger partial charge on any atom is 0.262 e. The summed E-state index contributed by atoms with van der Waals surface area (Å²) in [4.78, 5) is 12.7. The van der Waals surface area contributed by atoms with Crippen molar-refractivity contribution in [2.24, 2.45) is 0 Å². The quantitative estimate of drug-likeness (QED) is 0.465. The maximum atomic E-state index is 13.0. The summed E-state index contributed by atoms with van der Waals surface area (Å²) in [5, 5.41) is 2.78. The molecule has 0 aliphatic rings. The minimum atomic E-state index is -3.86. The fourth-order valence-electron chi connectivity index (χ4n) is 3.66. The van der Waals surface area contributed by atoms with Gasteiger partial charge in [0.1, 0.15) is 12.4 Å². The number of sulfonamides is 1. The van der Waals surface area contributed by atoms with Gasteiger partial charge < -0.3 is 10.1 Å². The van der Waals surface area contributed by atoms with Crippen molar-refractivity contribution in [2.45, 2.75) is 39.5 Å². The average molecular weight is 467 g/mol. The average Bonchev–Trinajstić information content (AvgIpc) is 2.71. The van der Waals surface area contributed by atoms with Crippen molar-refractivity contribution in [2.75, 3.05) is 17.9 Å². The van der Waals surface area contributed by atoms with Gasteiger partial charge in [-0.05, 0) is 87.2 Å². The standard InChI is InChI=1S/C26H30N2O4S/c1-17-6-9-24(21(5)13-17)32-11-10-27-26(29)22-8-7-20(4)25(16-22)33(30,31)28-23-14-18(2)12-19(3)15-23/h6-9,12-16,28H,10-11H2,1-5H3,(H,27,29). The van der Waals surface area contributed by atoms with Crippen molar-refractivity contribution in [1.29, 1.82) is 0 Å². The highest BCUT2D eigenvalue weighted by Crippen LogP contribution is 2.23. The predicted octanol–water partition coefficient (Wildman–Crippen LogP) is 4.84. The Labute approximate surface area is 196 Å². The number of ether oxygens (including phenoxy) is 1. The molecular formula is C26H30N2O4S.